The molecule has 0 aromatic heterocycles. The number of ether oxygens (including phenoxy) is 6. The van der Waals surface area contributed by atoms with Gasteiger partial charge in [0.25, 0.3) is 0 Å². The van der Waals surface area contributed by atoms with Crippen molar-refractivity contribution in [2.75, 3.05) is 27.9 Å². The molecule has 1 aliphatic rings. The summed E-state index contributed by atoms with van der Waals surface area (Å²) in [6.45, 7) is 3.17. The van der Waals surface area contributed by atoms with Gasteiger partial charge in [0, 0.05) is 6.08 Å². The van der Waals surface area contributed by atoms with E-state index in [1.54, 1.807) is 12.1 Å². The zero-order valence-electron chi connectivity index (χ0n) is 21.6. The van der Waals surface area contributed by atoms with E-state index in [0.717, 1.165) is 6.08 Å². The Morgan fingerprint density at radius 2 is 1.46 bits per heavy atom. The number of carbonyl (C=O) groups excluding carboxylic acids is 1. The summed E-state index contributed by atoms with van der Waals surface area (Å²) in [7, 11) is 4.09. The van der Waals surface area contributed by atoms with Crippen molar-refractivity contribution in [3.63, 3.8) is 0 Å². The van der Waals surface area contributed by atoms with E-state index >= 15 is 0 Å². The molecule has 3 rings (SSSR count). The zero-order valence-corrected chi connectivity index (χ0v) is 21.6. The van der Waals surface area contributed by atoms with Crippen LogP contribution in [0.4, 0.5) is 0 Å². The third-order valence-electron chi connectivity index (χ3n) is 5.92. The predicted molar refractivity (Wildman–Crippen MR) is 137 cm³/mol. The van der Waals surface area contributed by atoms with Crippen molar-refractivity contribution in [2.24, 2.45) is 0 Å². The summed E-state index contributed by atoms with van der Waals surface area (Å²) in [5.74, 6) is -1.09. The highest BCUT2D eigenvalue weighted by Crippen LogP contribution is 2.40. The third-order valence-corrected chi connectivity index (χ3v) is 5.92. The fourth-order valence-corrected chi connectivity index (χ4v) is 3.83. The van der Waals surface area contributed by atoms with Crippen LogP contribution >= 0.6 is 0 Å². The number of hydrogen-bond donors (Lipinski definition) is 5. The fraction of sp³-hybridized carbons (Fsp3) is 0.370. The van der Waals surface area contributed by atoms with Crippen molar-refractivity contribution >= 4 is 12.0 Å². The molecule has 12 nitrogen and oxygen atoms in total. The number of aromatic hydroxyl groups is 2. The molecule has 2 aromatic rings. The van der Waals surface area contributed by atoms with E-state index in [2.05, 4.69) is 6.58 Å². The number of allylic oxidation sites excluding steroid dienone is 1. The summed E-state index contributed by atoms with van der Waals surface area (Å²) >= 11 is 0. The van der Waals surface area contributed by atoms with Gasteiger partial charge in [-0.1, -0.05) is 6.08 Å². The van der Waals surface area contributed by atoms with Gasteiger partial charge in [0.2, 0.25) is 17.8 Å². The second-order valence-electron chi connectivity index (χ2n) is 8.51. The number of aliphatic hydroxyl groups is 3. The van der Waals surface area contributed by atoms with E-state index in [1.165, 1.54) is 45.6 Å². The number of benzene rings is 2. The van der Waals surface area contributed by atoms with Crippen LogP contribution in [0.1, 0.15) is 11.1 Å². The highest BCUT2D eigenvalue weighted by molar-refractivity contribution is 5.87. The molecule has 1 saturated heterocycles. The van der Waals surface area contributed by atoms with Gasteiger partial charge < -0.3 is 54.0 Å². The lowest BCUT2D eigenvalue weighted by molar-refractivity contribution is -0.278. The summed E-state index contributed by atoms with van der Waals surface area (Å²) in [6, 6.07) is 6.02. The predicted octanol–water partition coefficient (Wildman–Crippen LogP) is 1.30. The van der Waals surface area contributed by atoms with E-state index in [1.807, 2.05) is 0 Å². The molecule has 5 unspecified atom stereocenters. The van der Waals surface area contributed by atoms with E-state index in [9.17, 15) is 30.3 Å². The van der Waals surface area contributed by atoms with Crippen molar-refractivity contribution in [3.8, 4) is 34.5 Å². The Morgan fingerprint density at radius 3 is 2.05 bits per heavy atom. The number of methoxy groups -OCH3 is 3. The van der Waals surface area contributed by atoms with Crippen LogP contribution in [0.15, 0.2) is 43.0 Å². The van der Waals surface area contributed by atoms with E-state index in [0.29, 0.717) is 17.5 Å². The first-order valence-corrected chi connectivity index (χ1v) is 11.8. The number of phenolic OH excluding ortho intramolecular Hbond substituents is 2. The first kappa shape index (κ1) is 29.6. The van der Waals surface area contributed by atoms with E-state index in [-0.39, 0.29) is 34.5 Å². The largest absolute Gasteiger partial charge is 0.502 e. The quantitative estimate of drug-likeness (QED) is 0.155. The lowest BCUT2D eigenvalue weighted by Gasteiger charge is -2.40. The molecular formula is C27H32O12. The molecular weight excluding hydrogens is 516 g/mol. The van der Waals surface area contributed by atoms with Crippen LogP contribution in [-0.4, -0.2) is 90.1 Å². The van der Waals surface area contributed by atoms with E-state index in [4.69, 9.17) is 28.4 Å². The maximum Gasteiger partial charge on any atom is 0.330 e. The highest BCUT2D eigenvalue weighted by atomic mass is 16.7. The van der Waals surface area contributed by atoms with Crippen LogP contribution in [-0.2, 0) is 20.7 Å². The monoisotopic (exact) mass is 548 g/mol. The van der Waals surface area contributed by atoms with Gasteiger partial charge in [-0.3, -0.25) is 0 Å². The van der Waals surface area contributed by atoms with E-state index < -0.39 is 43.3 Å². The van der Waals surface area contributed by atoms with Crippen LogP contribution in [0.2, 0.25) is 0 Å². The Hall–Kier alpha value is -3.97. The molecule has 5 N–H and O–H groups in total. The molecule has 0 aliphatic carbocycles. The van der Waals surface area contributed by atoms with Crippen molar-refractivity contribution in [1.82, 2.24) is 0 Å². The van der Waals surface area contributed by atoms with Gasteiger partial charge in [0.05, 0.1) is 21.3 Å². The fourth-order valence-electron chi connectivity index (χ4n) is 3.83. The maximum atomic E-state index is 12.3. The maximum absolute atomic E-state index is 12.3. The molecule has 1 heterocycles. The number of esters is 1. The van der Waals surface area contributed by atoms with Crippen LogP contribution in [0, 0.1) is 0 Å². The Balaban J connectivity index is 1.70. The number of rotatable bonds is 11. The summed E-state index contributed by atoms with van der Waals surface area (Å²) in [5.41, 5.74) is 1.15. The number of carbonyl (C=O) groups is 1. The Morgan fingerprint density at radius 1 is 0.897 bits per heavy atom. The number of hydrogen-bond acceptors (Lipinski definition) is 12. The second kappa shape index (κ2) is 13.2. The van der Waals surface area contributed by atoms with Gasteiger partial charge in [-0.2, -0.15) is 0 Å². The normalized spacial score (nSPS) is 22.8. The summed E-state index contributed by atoms with van der Waals surface area (Å²) in [6.07, 6.45) is -3.28. The van der Waals surface area contributed by atoms with Crippen LogP contribution < -0.4 is 18.9 Å². The van der Waals surface area contributed by atoms with Gasteiger partial charge in [0.15, 0.2) is 23.0 Å². The molecule has 0 spiro atoms. The number of phenols is 2. The average molecular weight is 549 g/mol. The summed E-state index contributed by atoms with van der Waals surface area (Å²) in [5, 5.41) is 51.6. The molecule has 2 aromatic carbocycles. The topological polar surface area (TPSA) is 174 Å². The third kappa shape index (κ3) is 6.92. The molecule has 0 bridgehead atoms. The minimum atomic E-state index is -1.71. The first-order valence-electron chi connectivity index (χ1n) is 11.8. The van der Waals surface area contributed by atoms with Crippen LogP contribution in [0.3, 0.4) is 0 Å². The lowest BCUT2D eigenvalue weighted by Crippen LogP contribution is -2.60. The van der Waals surface area contributed by atoms with Crippen molar-refractivity contribution in [2.45, 2.75) is 37.1 Å². The van der Waals surface area contributed by atoms with Gasteiger partial charge in [-0.15, -0.1) is 6.58 Å². The molecule has 0 radical (unpaired) electrons. The minimum absolute atomic E-state index is 0.0997. The molecule has 39 heavy (non-hydrogen) atoms. The second-order valence-corrected chi connectivity index (χ2v) is 8.51. The minimum Gasteiger partial charge on any atom is -0.502 e. The number of aliphatic hydroxyl groups excluding tert-OH is 3. The first-order chi connectivity index (χ1) is 18.6. The smallest absolute Gasteiger partial charge is 0.330 e. The lowest BCUT2D eigenvalue weighted by atomic mass is 9.99. The highest BCUT2D eigenvalue weighted by Gasteiger charge is 2.45. The summed E-state index contributed by atoms with van der Waals surface area (Å²) < 4.78 is 31.7. The van der Waals surface area contributed by atoms with Crippen molar-refractivity contribution < 1.29 is 58.7 Å². The van der Waals surface area contributed by atoms with Crippen molar-refractivity contribution in [3.05, 3.63) is 54.1 Å². The molecule has 1 fully saturated rings. The van der Waals surface area contributed by atoms with Gasteiger partial charge >= 0.3 is 5.97 Å². The van der Waals surface area contributed by atoms with Crippen LogP contribution in [0.5, 0.6) is 34.5 Å². The van der Waals surface area contributed by atoms with Crippen LogP contribution in [0.25, 0.3) is 6.08 Å². The molecule has 1 aliphatic heterocycles. The average Bonchev–Trinajstić information content (AvgIpc) is 2.93. The Bertz CT molecular complexity index is 1170. The SMILES string of the molecule is C=CCc1cc(OC)c(O)c(OC2OC(COC(=O)C=Cc3cc(OC)c(O)c(OC)c3)C(O)C(O)C2O)c1. The summed E-state index contributed by atoms with van der Waals surface area (Å²) in [4.78, 5) is 12.3. The Kier molecular flexibility index (Phi) is 10.0. The van der Waals surface area contributed by atoms with Crippen molar-refractivity contribution in [1.29, 1.82) is 0 Å². The molecule has 5 atom stereocenters. The van der Waals surface area contributed by atoms with Gasteiger partial charge in [0.1, 0.15) is 31.0 Å². The standard InChI is InChI=1S/C27H32O12/c1-5-6-14-9-18(36-4)23(30)19(12-14)38-27-26(33)25(32)24(31)20(39-27)13-37-21(28)8-7-15-10-16(34-2)22(29)17(11-15)35-3/h5,7-12,20,24-27,29-33H,1,6,13H2,2-4H3. The molecule has 12 heteroatoms. The molecule has 0 amide bonds. The van der Waals surface area contributed by atoms with Gasteiger partial charge in [-0.25, -0.2) is 4.79 Å². The zero-order chi connectivity index (χ0) is 28.7. The Labute approximate surface area is 224 Å². The molecule has 0 saturated carbocycles. The molecule has 212 valence electrons. The van der Waals surface area contributed by atoms with Gasteiger partial charge in [-0.05, 0) is 47.9 Å².